The zero-order valence-electron chi connectivity index (χ0n) is 13.5. The van der Waals surface area contributed by atoms with E-state index in [4.69, 9.17) is 0 Å². The average Bonchev–Trinajstić information content (AvgIpc) is 3.15. The second-order valence-electron chi connectivity index (χ2n) is 6.97. The van der Waals surface area contributed by atoms with Crippen LogP contribution in [0, 0.1) is 12.8 Å². The minimum atomic E-state index is -0.0177. The Morgan fingerprint density at radius 1 is 1.13 bits per heavy atom. The van der Waals surface area contributed by atoms with E-state index in [1.54, 1.807) is 4.57 Å². The number of hydrogen-bond acceptors (Lipinski definition) is 2. The van der Waals surface area contributed by atoms with E-state index in [0.717, 1.165) is 30.0 Å². The maximum absolute atomic E-state index is 12.5. The van der Waals surface area contributed by atoms with Crippen LogP contribution in [0.5, 0.6) is 0 Å². The molecule has 1 amide bonds. The van der Waals surface area contributed by atoms with Gasteiger partial charge in [0.1, 0.15) is 0 Å². The van der Waals surface area contributed by atoms with Gasteiger partial charge in [-0.25, -0.2) is 4.79 Å². The molecule has 2 fully saturated rings. The van der Waals surface area contributed by atoms with Gasteiger partial charge in [0.05, 0.1) is 0 Å². The van der Waals surface area contributed by atoms with Crippen LogP contribution in [0.25, 0.3) is 11.1 Å². The summed E-state index contributed by atoms with van der Waals surface area (Å²) < 4.78 is 1.67. The highest BCUT2D eigenvalue weighted by atomic mass is 16.2. The van der Waals surface area contributed by atoms with Crippen molar-refractivity contribution in [1.29, 1.82) is 0 Å². The first-order valence-corrected chi connectivity index (χ1v) is 8.45. The Bertz CT molecular complexity index is 692. The second kappa shape index (κ2) is 5.85. The Kier molecular flexibility index (Phi) is 3.69. The number of carbonyl (C=O) groups is 1. The Morgan fingerprint density at radius 2 is 1.96 bits per heavy atom. The molecule has 1 aromatic heterocycles. The molecule has 1 aromatic carbocycles. The topological polar surface area (TPSA) is 37.3 Å². The summed E-state index contributed by atoms with van der Waals surface area (Å²) in [4.78, 5) is 14.9. The molecule has 2 bridgehead atoms. The van der Waals surface area contributed by atoms with Crippen LogP contribution in [-0.2, 0) is 0 Å². The first kappa shape index (κ1) is 14.5. The Morgan fingerprint density at radius 3 is 2.74 bits per heavy atom. The van der Waals surface area contributed by atoms with E-state index < -0.39 is 0 Å². The fourth-order valence-electron chi connectivity index (χ4n) is 3.85. The summed E-state index contributed by atoms with van der Waals surface area (Å²) in [7, 11) is 0. The lowest BCUT2D eigenvalue weighted by Gasteiger charge is -2.30. The van der Waals surface area contributed by atoms with Gasteiger partial charge in [-0.05, 0) is 49.4 Å². The molecule has 0 saturated carbocycles. The predicted molar refractivity (Wildman–Crippen MR) is 91.5 cm³/mol. The van der Waals surface area contributed by atoms with Crippen molar-refractivity contribution in [2.75, 3.05) is 19.6 Å². The fourth-order valence-corrected chi connectivity index (χ4v) is 3.85. The molecule has 4 rings (SSSR count). The summed E-state index contributed by atoms with van der Waals surface area (Å²) in [5.41, 5.74) is 3.46. The van der Waals surface area contributed by atoms with Crippen molar-refractivity contribution in [3.8, 4) is 11.1 Å². The number of nitrogens with zero attached hydrogens (tertiary/aromatic N) is 2. The SMILES string of the molecule is Cc1ccc(-c2ccn(C(=O)NC3CC4CCN(C4)C3)c2)cc1. The number of carbonyl (C=O) groups excluding carboxylic acids is 1. The average molecular weight is 309 g/mol. The van der Waals surface area contributed by atoms with Crippen LogP contribution < -0.4 is 5.32 Å². The van der Waals surface area contributed by atoms with Crippen molar-refractivity contribution in [2.45, 2.75) is 25.8 Å². The molecule has 1 N–H and O–H groups in total. The largest absolute Gasteiger partial charge is 0.333 e. The van der Waals surface area contributed by atoms with Gasteiger partial charge in [-0.2, -0.15) is 0 Å². The molecule has 3 heterocycles. The molecular weight excluding hydrogens is 286 g/mol. The number of fused-ring (bicyclic) bond motifs is 2. The van der Waals surface area contributed by atoms with E-state index in [1.807, 2.05) is 18.5 Å². The van der Waals surface area contributed by atoms with Crippen molar-refractivity contribution in [1.82, 2.24) is 14.8 Å². The summed E-state index contributed by atoms with van der Waals surface area (Å²) >= 11 is 0. The van der Waals surface area contributed by atoms with Gasteiger partial charge in [-0.15, -0.1) is 0 Å². The first-order chi connectivity index (χ1) is 11.2. The Labute approximate surface area is 137 Å². The zero-order valence-corrected chi connectivity index (χ0v) is 13.5. The van der Waals surface area contributed by atoms with Crippen LogP contribution >= 0.6 is 0 Å². The van der Waals surface area contributed by atoms with Gasteiger partial charge in [-0.1, -0.05) is 29.8 Å². The van der Waals surface area contributed by atoms with E-state index in [-0.39, 0.29) is 12.1 Å². The van der Waals surface area contributed by atoms with Gasteiger partial charge >= 0.3 is 6.03 Å². The van der Waals surface area contributed by atoms with E-state index in [0.29, 0.717) is 0 Å². The number of rotatable bonds is 2. The summed E-state index contributed by atoms with van der Waals surface area (Å²) in [6, 6.07) is 10.7. The van der Waals surface area contributed by atoms with Gasteiger partial charge in [0.25, 0.3) is 0 Å². The van der Waals surface area contributed by atoms with Crippen LogP contribution in [0.2, 0.25) is 0 Å². The summed E-state index contributed by atoms with van der Waals surface area (Å²) in [6.45, 7) is 5.48. The number of amides is 1. The minimum Gasteiger partial charge on any atom is -0.333 e. The molecule has 2 aromatic rings. The maximum Gasteiger partial charge on any atom is 0.325 e. The van der Waals surface area contributed by atoms with Crippen molar-refractivity contribution < 1.29 is 4.79 Å². The molecule has 4 nitrogen and oxygen atoms in total. The highest BCUT2D eigenvalue weighted by Gasteiger charge is 2.32. The number of nitrogens with one attached hydrogen (secondary N) is 1. The lowest BCUT2D eigenvalue weighted by molar-refractivity contribution is 0.206. The monoisotopic (exact) mass is 309 g/mol. The third-order valence-corrected chi connectivity index (χ3v) is 5.11. The molecule has 3 unspecified atom stereocenters. The normalized spacial score (nSPS) is 26.2. The number of hydrogen-bond donors (Lipinski definition) is 1. The van der Waals surface area contributed by atoms with Gasteiger partial charge < -0.3 is 10.2 Å². The minimum absolute atomic E-state index is 0.0177. The van der Waals surface area contributed by atoms with Crippen LogP contribution in [0.15, 0.2) is 42.7 Å². The standard InChI is InChI=1S/C19H23N3O/c1-14-2-4-16(5-3-14)17-7-9-22(12-17)19(23)20-18-10-15-6-8-21(11-15)13-18/h2-5,7,9,12,15,18H,6,8,10-11,13H2,1H3,(H,20,23). The molecule has 2 aliphatic rings. The third-order valence-electron chi connectivity index (χ3n) is 5.11. The van der Waals surface area contributed by atoms with Crippen LogP contribution in [0.3, 0.4) is 0 Å². The number of benzene rings is 1. The van der Waals surface area contributed by atoms with Gasteiger partial charge in [0, 0.05) is 31.5 Å². The number of piperidine rings is 1. The predicted octanol–water partition coefficient (Wildman–Crippen LogP) is 3.12. The molecule has 2 aliphatic heterocycles. The Balaban J connectivity index is 1.44. The smallest absolute Gasteiger partial charge is 0.325 e. The maximum atomic E-state index is 12.5. The van der Waals surface area contributed by atoms with E-state index in [9.17, 15) is 4.79 Å². The molecular formula is C19H23N3O. The second-order valence-corrected chi connectivity index (χ2v) is 6.97. The lowest BCUT2D eigenvalue weighted by atomic mass is 9.97. The molecule has 3 atom stereocenters. The lowest BCUT2D eigenvalue weighted by Crippen LogP contribution is -2.47. The molecule has 2 saturated heterocycles. The van der Waals surface area contributed by atoms with Gasteiger partial charge in [-0.3, -0.25) is 4.57 Å². The van der Waals surface area contributed by atoms with Crippen molar-refractivity contribution in [3.63, 3.8) is 0 Å². The number of aryl methyl sites for hydroxylation is 1. The van der Waals surface area contributed by atoms with Crippen molar-refractivity contribution >= 4 is 6.03 Å². The molecule has 120 valence electrons. The molecule has 0 spiro atoms. The number of aromatic nitrogens is 1. The van der Waals surface area contributed by atoms with Crippen molar-refractivity contribution in [2.24, 2.45) is 5.92 Å². The first-order valence-electron chi connectivity index (χ1n) is 8.45. The highest BCUT2D eigenvalue weighted by molar-refractivity contribution is 5.79. The fraction of sp³-hybridized carbons (Fsp3) is 0.421. The van der Waals surface area contributed by atoms with Gasteiger partial charge in [0.15, 0.2) is 0 Å². The molecule has 4 heteroatoms. The van der Waals surface area contributed by atoms with E-state index in [1.165, 1.54) is 25.1 Å². The summed E-state index contributed by atoms with van der Waals surface area (Å²) in [6.07, 6.45) is 6.17. The van der Waals surface area contributed by atoms with E-state index >= 15 is 0 Å². The summed E-state index contributed by atoms with van der Waals surface area (Å²) in [5, 5.41) is 3.19. The molecule has 0 radical (unpaired) electrons. The van der Waals surface area contributed by atoms with Crippen LogP contribution in [-0.4, -0.2) is 41.2 Å². The highest BCUT2D eigenvalue weighted by Crippen LogP contribution is 2.27. The molecule has 23 heavy (non-hydrogen) atoms. The van der Waals surface area contributed by atoms with Crippen LogP contribution in [0.4, 0.5) is 4.79 Å². The molecule has 0 aliphatic carbocycles. The summed E-state index contributed by atoms with van der Waals surface area (Å²) in [5.74, 6) is 0.766. The quantitative estimate of drug-likeness (QED) is 0.925. The van der Waals surface area contributed by atoms with Gasteiger partial charge in [0.2, 0.25) is 0 Å². The van der Waals surface area contributed by atoms with Crippen LogP contribution in [0.1, 0.15) is 18.4 Å². The Hall–Kier alpha value is -2.07. The van der Waals surface area contributed by atoms with Crippen molar-refractivity contribution in [3.05, 3.63) is 48.3 Å². The zero-order chi connectivity index (χ0) is 15.8. The third kappa shape index (κ3) is 3.04. The van der Waals surface area contributed by atoms with E-state index in [2.05, 4.69) is 41.4 Å².